The van der Waals surface area contributed by atoms with E-state index in [2.05, 4.69) is 116 Å². The zero-order chi connectivity index (χ0) is 22.7. The molecule has 34 heavy (non-hydrogen) atoms. The Kier molecular flexibility index (Phi) is 4.01. The average molecular weight is 439 g/mol. The highest BCUT2D eigenvalue weighted by atomic mass is 16.7. The van der Waals surface area contributed by atoms with E-state index < -0.39 is 5.79 Å². The molecular weight excluding hydrogens is 416 g/mol. The zero-order valence-electron chi connectivity index (χ0n) is 18.8. The van der Waals surface area contributed by atoms with Crippen LogP contribution in [0.25, 0.3) is 33.2 Å². The highest BCUT2D eigenvalue weighted by Crippen LogP contribution is 2.49. The summed E-state index contributed by atoms with van der Waals surface area (Å²) < 4.78 is 13.6. The summed E-state index contributed by atoms with van der Waals surface area (Å²) in [5.74, 6) is 0.672. The van der Waals surface area contributed by atoms with Gasteiger partial charge in [-0.05, 0) is 52.4 Å². The molecule has 0 saturated carbocycles. The zero-order valence-corrected chi connectivity index (χ0v) is 18.8. The normalized spacial score (nSPS) is 18.5. The van der Waals surface area contributed by atoms with Crippen LogP contribution in [0.3, 0.4) is 0 Å². The molecule has 0 amide bonds. The fourth-order valence-electron chi connectivity index (χ4n) is 5.19. The van der Waals surface area contributed by atoms with E-state index in [-0.39, 0.29) is 0 Å². The lowest BCUT2D eigenvalue weighted by atomic mass is 9.87. The van der Waals surface area contributed by atoms with E-state index in [1.807, 2.05) is 6.07 Å². The van der Waals surface area contributed by atoms with Crippen LogP contribution < -0.4 is 9.47 Å². The maximum absolute atomic E-state index is 6.84. The minimum Gasteiger partial charge on any atom is -0.444 e. The van der Waals surface area contributed by atoms with Gasteiger partial charge in [0.25, 0.3) is 5.79 Å². The van der Waals surface area contributed by atoms with Gasteiger partial charge in [-0.25, -0.2) is 0 Å². The predicted molar refractivity (Wildman–Crippen MR) is 139 cm³/mol. The quantitative estimate of drug-likeness (QED) is 0.264. The molecule has 1 atom stereocenters. The molecule has 5 aromatic carbocycles. The van der Waals surface area contributed by atoms with Gasteiger partial charge in [-0.1, -0.05) is 91.0 Å². The van der Waals surface area contributed by atoms with Gasteiger partial charge in [-0.2, -0.15) is 0 Å². The van der Waals surface area contributed by atoms with E-state index in [4.69, 9.17) is 9.47 Å². The molecule has 1 unspecified atom stereocenters. The van der Waals surface area contributed by atoms with Gasteiger partial charge in [-0.15, -0.1) is 0 Å². The molecule has 162 valence electrons. The summed E-state index contributed by atoms with van der Waals surface area (Å²) in [4.78, 5) is 0. The Labute approximate surface area is 198 Å². The van der Waals surface area contributed by atoms with Crippen molar-refractivity contribution >= 4 is 33.2 Å². The predicted octanol–water partition coefficient (Wildman–Crippen LogP) is 8.01. The first-order valence-electron chi connectivity index (χ1n) is 11.6. The monoisotopic (exact) mass is 438 g/mol. The molecule has 0 bridgehead atoms. The molecule has 1 spiro atoms. The first-order valence-corrected chi connectivity index (χ1v) is 11.6. The maximum Gasteiger partial charge on any atom is 0.295 e. The van der Waals surface area contributed by atoms with Crippen LogP contribution in [-0.4, -0.2) is 5.79 Å². The van der Waals surface area contributed by atoms with Gasteiger partial charge < -0.3 is 9.47 Å². The van der Waals surface area contributed by atoms with Crippen molar-refractivity contribution in [2.45, 2.75) is 12.7 Å². The molecule has 2 aliphatic heterocycles. The highest BCUT2D eigenvalue weighted by Gasteiger charge is 2.43. The van der Waals surface area contributed by atoms with E-state index in [0.717, 1.165) is 50.1 Å². The Morgan fingerprint density at radius 1 is 0.618 bits per heavy atom. The standard InChI is InChI=1S/C32H22O2/c1-21-19-28-25-13-7-5-11-23(25)16-18-30(28)33-32(21)20-29(22-9-3-2-4-10-22)27-17-15-24-12-6-8-14-26(24)31(27)34-32/h2-20H,1H3. The molecular formula is C32H22O2. The molecule has 2 nitrogen and oxygen atoms in total. The molecule has 2 aliphatic rings. The lowest BCUT2D eigenvalue weighted by Gasteiger charge is -2.40. The highest BCUT2D eigenvalue weighted by molar-refractivity contribution is 5.98. The first kappa shape index (κ1) is 19.2. The van der Waals surface area contributed by atoms with Crippen LogP contribution in [-0.2, 0) is 0 Å². The van der Waals surface area contributed by atoms with Crippen LogP contribution in [0.15, 0.2) is 115 Å². The topological polar surface area (TPSA) is 18.5 Å². The van der Waals surface area contributed by atoms with Gasteiger partial charge in [0.05, 0.1) is 0 Å². The number of hydrogen-bond acceptors (Lipinski definition) is 2. The Morgan fingerprint density at radius 2 is 1.29 bits per heavy atom. The fraction of sp³-hybridized carbons (Fsp3) is 0.0625. The molecule has 0 N–H and O–H groups in total. The second kappa shape index (κ2) is 7.10. The van der Waals surface area contributed by atoms with Crippen molar-refractivity contribution in [3.8, 4) is 11.5 Å². The van der Waals surface area contributed by atoms with Crippen molar-refractivity contribution in [3.05, 3.63) is 131 Å². The number of ether oxygens (including phenoxy) is 2. The Hall–Kier alpha value is -4.30. The van der Waals surface area contributed by atoms with Gasteiger partial charge in [0.1, 0.15) is 11.5 Å². The Bertz CT molecular complexity index is 1660. The molecule has 0 aromatic heterocycles. The van der Waals surface area contributed by atoms with Crippen LogP contribution in [0.2, 0.25) is 0 Å². The lowest BCUT2D eigenvalue weighted by Crippen LogP contribution is -2.45. The third-order valence-electron chi connectivity index (χ3n) is 6.95. The largest absolute Gasteiger partial charge is 0.444 e. The summed E-state index contributed by atoms with van der Waals surface area (Å²) in [5.41, 5.74) is 5.45. The van der Waals surface area contributed by atoms with Crippen molar-refractivity contribution in [1.29, 1.82) is 0 Å². The van der Waals surface area contributed by atoms with Crippen molar-refractivity contribution in [2.75, 3.05) is 0 Å². The van der Waals surface area contributed by atoms with Crippen molar-refractivity contribution in [3.63, 3.8) is 0 Å². The molecule has 7 rings (SSSR count). The van der Waals surface area contributed by atoms with E-state index in [1.165, 1.54) is 10.8 Å². The number of benzene rings is 5. The summed E-state index contributed by atoms with van der Waals surface area (Å²) >= 11 is 0. The van der Waals surface area contributed by atoms with Gasteiger partial charge in [0.2, 0.25) is 0 Å². The smallest absolute Gasteiger partial charge is 0.295 e. The van der Waals surface area contributed by atoms with Crippen molar-refractivity contribution in [1.82, 2.24) is 0 Å². The SMILES string of the molecule is CC1=Cc2c(ccc3ccccc23)OC12C=C(c1ccccc1)c1ccc3ccccc3c1O2. The summed E-state index contributed by atoms with van der Waals surface area (Å²) in [6.45, 7) is 2.10. The Balaban J connectivity index is 1.49. The van der Waals surface area contributed by atoms with E-state index >= 15 is 0 Å². The molecule has 0 fully saturated rings. The van der Waals surface area contributed by atoms with Crippen LogP contribution in [0.4, 0.5) is 0 Å². The van der Waals surface area contributed by atoms with Crippen LogP contribution in [0.1, 0.15) is 23.6 Å². The summed E-state index contributed by atoms with van der Waals surface area (Å²) in [6.07, 6.45) is 4.36. The van der Waals surface area contributed by atoms with Crippen molar-refractivity contribution < 1.29 is 9.47 Å². The number of rotatable bonds is 1. The molecule has 0 aliphatic carbocycles. The van der Waals surface area contributed by atoms with Gasteiger partial charge >= 0.3 is 0 Å². The van der Waals surface area contributed by atoms with Crippen LogP contribution >= 0.6 is 0 Å². The molecule has 5 aromatic rings. The fourth-order valence-corrected chi connectivity index (χ4v) is 5.19. The van der Waals surface area contributed by atoms with Gasteiger partial charge in [-0.3, -0.25) is 0 Å². The van der Waals surface area contributed by atoms with E-state index in [9.17, 15) is 0 Å². The summed E-state index contributed by atoms with van der Waals surface area (Å²) in [6, 6.07) is 35.8. The molecule has 2 heteroatoms. The number of fused-ring (bicyclic) bond motifs is 6. The molecule has 0 saturated heterocycles. The molecule has 0 radical (unpaired) electrons. The minimum absolute atomic E-state index is 0.830. The maximum atomic E-state index is 6.84. The summed E-state index contributed by atoms with van der Waals surface area (Å²) in [5, 5.41) is 4.62. The second-order valence-corrected chi connectivity index (χ2v) is 8.98. The third kappa shape index (κ3) is 2.75. The van der Waals surface area contributed by atoms with Crippen LogP contribution in [0.5, 0.6) is 11.5 Å². The minimum atomic E-state index is -1.02. The average Bonchev–Trinajstić information content (AvgIpc) is 2.89. The van der Waals surface area contributed by atoms with E-state index in [0.29, 0.717) is 0 Å². The summed E-state index contributed by atoms with van der Waals surface area (Å²) in [7, 11) is 0. The van der Waals surface area contributed by atoms with Gasteiger partial charge in [0.15, 0.2) is 0 Å². The van der Waals surface area contributed by atoms with Crippen molar-refractivity contribution in [2.24, 2.45) is 0 Å². The third-order valence-corrected chi connectivity index (χ3v) is 6.95. The van der Waals surface area contributed by atoms with Crippen LogP contribution in [0, 0.1) is 0 Å². The van der Waals surface area contributed by atoms with Gasteiger partial charge in [0, 0.05) is 28.2 Å². The first-order chi connectivity index (χ1) is 16.7. The van der Waals surface area contributed by atoms with E-state index in [1.54, 1.807) is 0 Å². The second-order valence-electron chi connectivity index (χ2n) is 8.98. The Morgan fingerprint density at radius 3 is 2.12 bits per heavy atom. The lowest BCUT2D eigenvalue weighted by molar-refractivity contribution is -0.0403. The molecule has 2 heterocycles. The number of hydrogen-bond donors (Lipinski definition) is 0.